The van der Waals surface area contributed by atoms with Gasteiger partial charge in [0.1, 0.15) is 5.75 Å². The summed E-state index contributed by atoms with van der Waals surface area (Å²) < 4.78 is 5.14. The Morgan fingerprint density at radius 3 is 2.67 bits per heavy atom. The summed E-state index contributed by atoms with van der Waals surface area (Å²) >= 11 is 0. The number of hydrogen-bond acceptors (Lipinski definition) is 3. The highest BCUT2D eigenvalue weighted by Crippen LogP contribution is 2.27. The maximum Gasteiger partial charge on any atom is 0.238 e. The molecule has 0 aromatic heterocycles. The van der Waals surface area contributed by atoms with Crippen LogP contribution in [0.3, 0.4) is 0 Å². The molecule has 0 saturated heterocycles. The maximum atomic E-state index is 12.2. The van der Waals surface area contributed by atoms with Gasteiger partial charge >= 0.3 is 0 Å². The normalized spacial score (nSPS) is 13.2. The maximum absolute atomic E-state index is 12.2. The van der Waals surface area contributed by atoms with Crippen LogP contribution in [0.25, 0.3) is 0 Å². The van der Waals surface area contributed by atoms with Gasteiger partial charge in [-0.3, -0.25) is 4.79 Å². The lowest BCUT2D eigenvalue weighted by Crippen LogP contribution is -2.28. The van der Waals surface area contributed by atoms with Crippen molar-refractivity contribution in [3.05, 3.63) is 59.2 Å². The lowest BCUT2D eigenvalue weighted by atomic mass is 9.90. The first-order valence-electron chi connectivity index (χ1n) is 8.50. The van der Waals surface area contributed by atoms with Crippen molar-refractivity contribution in [2.45, 2.75) is 32.2 Å². The summed E-state index contributed by atoms with van der Waals surface area (Å²) in [6, 6.07) is 14.1. The molecule has 1 aliphatic rings. The van der Waals surface area contributed by atoms with Gasteiger partial charge in [-0.1, -0.05) is 24.3 Å². The summed E-state index contributed by atoms with van der Waals surface area (Å²) in [7, 11) is 1.65. The predicted molar refractivity (Wildman–Crippen MR) is 96.4 cm³/mol. The minimum absolute atomic E-state index is 0.00230. The molecule has 0 unspecified atom stereocenters. The lowest BCUT2D eigenvalue weighted by Gasteiger charge is -2.19. The van der Waals surface area contributed by atoms with E-state index in [0.717, 1.165) is 29.8 Å². The van der Waals surface area contributed by atoms with Crippen LogP contribution < -0.4 is 15.4 Å². The predicted octanol–water partition coefficient (Wildman–Crippen LogP) is 3.30. The van der Waals surface area contributed by atoms with E-state index in [-0.39, 0.29) is 5.91 Å². The van der Waals surface area contributed by atoms with E-state index < -0.39 is 0 Å². The van der Waals surface area contributed by atoms with Gasteiger partial charge in [-0.15, -0.1) is 0 Å². The molecule has 2 N–H and O–H groups in total. The van der Waals surface area contributed by atoms with E-state index in [1.807, 2.05) is 36.4 Å². The fourth-order valence-corrected chi connectivity index (χ4v) is 3.16. The van der Waals surface area contributed by atoms with Crippen molar-refractivity contribution < 1.29 is 9.53 Å². The second-order valence-electron chi connectivity index (χ2n) is 6.15. The first-order chi connectivity index (χ1) is 11.8. The molecular weight excluding hydrogens is 300 g/mol. The Bertz CT molecular complexity index is 695. The van der Waals surface area contributed by atoms with Crippen LogP contribution in [0.4, 0.5) is 5.69 Å². The minimum atomic E-state index is 0.00230. The molecule has 4 nitrogen and oxygen atoms in total. The third-order valence-electron chi connectivity index (χ3n) is 4.44. The van der Waals surface area contributed by atoms with E-state index in [4.69, 9.17) is 4.74 Å². The Morgan fingerprint density at radius 2 is 1.88 bits per heavy atom. The van der Waals surface area contributed by atoms with Crippen LogP contribution >= 0.6 is 0 Å². The summed E-state index contributed by atoms with van der Waals surface area (Å²) in [5.41, 5.74) is 4.79. The Morgan fingerprint density at radius 1 is 1.08 bits per heavy atom. The standard InChI is InChI=1S/C20H24N2O2/c1-24-17-11-9-15(10-12-17)13-21-14-20(23)22-19-8-4-6-16-5-2-3-7-18(16)19/h4,6,8-12,21H,2-3,5,7,13-14H2,1H3,(H,22,23). The van der Waals surface area contributed by atoms with Crippen molar-refractivity contribution in [1.82, 2.24) is 5.32 Å². The van der Waals surface area contributed by atoms with Gasteiger partial charge in [0, 0.05) is 12.2 Å². The van der Waals surface area contributed by atoms with Gasteiger partial charge in [0.05, 0.1) is 13.7 Å². The third kappa shape index (κ3) is 4.15. The smallest absolute Gasteiger partial charge is 0.238 e. The molecule has 2 aromatic rings. The average Bonchev–Trinajstić information content (AvgIpc) is 2.63. The number of carbonyl (C=O) groups excluding carboxylic acids is 1. The molecule has 0 spiro atoms. The van der Waals surface area contributed by atoms with Gasteiger partial charge in [0.25, 0.3) is 0 Å². The lowest BCUT2D eigenvalue weighted by molar-refractivity contribution is -0.115. The molecular formula is C20H24N2O2. The molecule has 0 radical (unpaired) electrons. The summed E-state index contributed by atoms with van der Waals surface area (Å²) in [6.07, 6.45) is 4.63. The van der Waals surface area contributed by atoms with E-state index >= 15 is 0 Å². The van der Waals surface area contributed by atoms with Gasteiger partial charge in [-0.2, -0.15) is 0 Å². The zero-order valence-corrected chi connectivity index (χ0v) is 14.1. The van der Waals surface area contributed by atoms with Crippen LogP contribution in [0.15, 0.2) is 42.5 Å². The van der Waals surface area contributed by atoms with Gasteiger partial charge in [-0.25, -0.2) is 0 Å². The number of benzene rings is 2. The van der Waals surface area contributed by atoms with Crippen LogP contribution in [0.1, 0.15) is 29.5 Å². The number of fused-ring (bicyclic) bond motifs is 1. The van der Waals surface area contributed by atoms with Crippen molar-refractivity contribution >= 4 is 11.6 Å². The quantitative estimate of drug-likeness (QED) is 0.857. The number of ether oxygens (including phenoxy) is 1. The molecule has 24 heavy (non-hydrogen) atoms. The molecule has 0 aliphatic heterocycles. The SMILES string of the molecule is COc1ccc(CNCC(=O)Nc2cccc3c2CCCC3)cc1. The number of methoxy groups -OCH3 is 1. The number of hydrogen-bond donors (Lipinski definition) is 2. The van der Waals surface area contributed by atoms with Crippen LogP contribution in [-0.4, -0.2) is 19.6 Å². The highest BCUT2D eigenvalue weighted by Gasteiger charge is 2.14. The molecule has 0 fully saturated rings. The minimum Gasteiger partial charge on any atom is -0.497 e. The Kier molecular flexibility index (Phi) is 5.49. The number of aryl methyl sites for hydroxylation is 1. The topological polar surface area (TPSA) is 50.4 Å². The van der Waals surface area contributed by atoms with E-state index in [1.54, 1.807) is 7.11 Å². The van der Waals surface area contributed by atoms with Gasteiger partial charge in [0.2, 0.25) is 5.91 Å². The summed E-state index contributed by atoms with van der Waals surface area (Å²) in [5.74, 6) is 0.841. The van der Waals surface area contributed by atoms with Crippen molar-refractivity contribution in [2.24, 2.45) is 0 Å². The Balaban J connectivity index is 1.51. The third-order valence-corrected chi connectivity index (χ3v) is 4.44. The van der Waals surface area contributed by atoms with Crippen LogP contribution in [0, 0.1) is 0 Å². The summed E-state index contributed by atoms with van der Waals surface area (Å²) in [4.78, 5) is 12.2. The molecule has 0 atom stereocenters. The van der Waals surface area contributed by atoms with E-state index in [0.29, 0.717) is 13.1 Å². The fourth-order valence-electron chi connectivity index (χ4n) is 3.16. The number of nitrogens with one attached hydrogen (secondary N) is 2. The van der Waals surface area contributed by atoms with Crippen molar-refractivity contribution in [2.75, 3.05) is 19.0 Å². The van der Waals surface area contributed by atoms with Crippen molar-refractivity contribution in [3.8, 4) is 5.75 Å². The number of amides is 1. The molecule has 0 heterocycles. The van der Waals surface area contributed by atoms with Gasteiger partial charge < -0.3 is 15.4 Å². The largest absolute Gasteiger partial charge is 0.497 e. The van der Waals surface area contributed by atoms with Gasteiger partial charge in [0.15, 0.2) is 0 Å². The summed E-state index contributed by atoms with van der Waals surface area (Å²) in [5, 5.41) is 6.24. The van der Waals surface area contributed by atoms with E-state index in [2.05, 4.69) is 16.7 Å². The van der Waals surface area contributed by atoms with Crippen molar-refractivity contribution in [1.29, 1.82) is 0 Å². The van der Waals surface area contributed by atoms with Crippen molar-refractivity contribution in [3.63, 3.8) is 0 Å². The van der Waals surface area contributed by atoms with Crippen LogP contribution in [0.2, 0.25) is 0 Å². The van der Waals surface area contributed by atoms with Crippen LogP contribution in [0.5, 0.6) is 5.75 Å². The number of carbonyl (C=O) groups is 1. The zero-order chi connectivity index (χ0) is 16.8. The van der Waals surface area contributed by atoms with Gasteiger partial charge in [-0.05, 0) is 60.6 Å². The number of rotatable bonds is 6. The molecule has 0 saturated carbocycles. The second-order valence-corrected chi connectivity index (χ2v) is 6.15. The highest BCUT2D eigenvalue weighted by atomic mass is 16.5. The fraction of sp³-hybridized carbons (Fsp3) is 0.350. The van der Waals surface area contributed by atoms with E-state index in [1.165, 1.54) is 24.0 Å². The van der Waals surface area contributed by atoms with Crippen LogP contribution in [-0.2, 0) is 24.2 Å². The molecule has 126 valence electrons. The van der Waals surface area contributed by atoms with E-state index in [9.17, 15) is 4.79 Å². The molecule has 1 aliphatic carbocycles. The molecule has 4 heteroatoms. The first-order valence-corrected chi connectivity index (χ1v) is 8.50. The Labute approximate surface area is 143 Å². The molecule has 0 bridgehead atoms. The first kappa shape index (κ1) is 16.5. The Hall–Kier alpha value is -2.33. The molecule has 3 rings (SSSR count). The monoisotopic (exact) mass is 324 g/mol. The summed E-state index contributed by atoms with van der Waals surface area (Å²) in [6.45, 7) is 0.958. The zero-order valence-electron chi connectivity index (χ0n) is 14.1. The molecule has 2 aromatic carbocycles. The average molecular weight is 324 g/mol. The second kappa shape index (κ2) is 7.97. The number of anilines is 1. The highest BCUT2D eigenvalue weighted by molar-refractivity contribution is 5.93. The molecule has 1 amide bonds.